The fourth-order valence-corrected chi connectivity index (χ4v) is 0.976. The molecule has 1 aromatic rings. The number of nitrogens with zero attached hydrogens (tertiary/aromatic N) is 1. The third kappa shape index (κ3) is 2.11. The van der Waals surface area contributed by atoms with Crippen molar-refractivity contribution in [3.8, 4) is 0 Å². The van der Waals surface area contributed by atoms with Crippen LogP contribution in [0.2, 0.25) is 0 Å². The molecule has 0 saturated carbocycles. The van der Waals surface area contributed by atoms with E-state index in [4.69, 9.17) is 0 Å². The van der Waals surface area contributed by atoms with Crippen LogP contribution in [0.3, 0.4) is 0 Å². The van der Waals surface area contributed by atoms with Crippen molar-refractivity contribution in [3.63, 3.8) is 0 Å². The maximum Gasteiger partial charge on any atom is 0.0720 e. The first-order valence-corrected chi connectivity index (χ1v) is 3.70. The van der Waals surface area contributed by atoms with E-state index in [1.165, 1.54) is 5.56 Å². The Morgan fingerprint density at radius 1 is 1.36 bits per heavy atom. The van der Waals surface area contributed by atoms with E-state index in [2.05, 4.69) is 31.0 Å². The van der Waals surface area contributed by atoms with Crippen LogP contribution in [0, 0.1) is 0 Å². The van der Waals surface area contributed by atoms with Crippen molar-refractivity contribution >= 4 is 0 Å². The highest BCUT2D eigenvalue weighted by atomic mass is 14.9. The molecule has 0 aliphatic rings. The van der Waals surface area contributed by atoms with Crippen LogP contribution in [0.1, 0.15) is 18.5 Å². The van der Waals surface area contributed by atoms with Crippen LogP contribution in [0.25, 0.3) is 0 Å². The largest absolute Gasteiger partial charge is 0.286 e. The SMILES string of the molecule is C=C[N]C(C)c1ccccc1. The van der Waals surface area contributed by atoms with Crippen LogP contribution in [-0.4, -0.2) is 0 Å². The zero-order valence-corrected chi connectivity index (χ0v) is 6.70. The highest BCUT2D eigenvalue weighted by molar-refractivity contribution is 5.18. The first kappa shape index (κ1) is 7.86. The molecule has 0 saturated heterocycles. The minimum absolute atomic E-state index is 0.230. The van der Waals surface area contributed by atoms with Crippen molar-refractivity contribution in [2.45, 2.75) is 13.0 Å². The van der Waals surface area contributed by atoms with Crippen LogP contribution in [-0.2, 0) is 0 Å². The molecule has 1 heteroatoms. The monoisotopic (exact) mass is 146 g/mol. The van der Waals surface area contributed by atoms with E-state index >= 15 is 0 Å². The van der Waals surface area contributed by atoms with Crippen molar-refractivity contribution in [3.05, 3.63) is 48.7 Å². The van der Waals surface area contributed by atoms with Crippen LogP contribution in [0.15, 0.2) is 43.1 Å². The molecule has 0 fully saturated rings. The van der Waals surface area contributed by atoms with E-state index in [0.717, 1.165) is 0 Å². The molecule has 1 aromatic carbocycles. The average molecular weight is 146 g/mol. The van der Waals surface area contributed by atoms with Crippen LogP contribution < -0.4 is 5.32 Å². The number of rotatable bonds is 3. The van der Waals surface area contributed by atoms with E-state index in [0.29, 0.717) is 0 Å². The summed E-state index contributed by atoms with van der Waals surface area (Å²) in [4.78, 5) is 0. The Morgan fingerprint density at radius 3 is 2.55 bits per heavy atom. The molecule has 0 amide bonds. The summed E-state index contributed by atoms with van der Waals surface area (Å²) in [6, 6.07) is 10.4. The van der Waals surface area contributed by atoms with E-state index in [-0.39, 0.29) is 6.04 Å². The van der Waals surface area contributed by atoms with Crippen molar-refractivity contribution in [1.82, 2.24) is 5.32 Å². The normalized spacial score (nSPS) is 12.1. The van der Waals surface area contributed by atoms with E-state index in [1.807, 2.05) is 18.2 Å². The van der Waals surface area contributed by atoms with Gasteiger partial charge in [0.2, 0.25) is 0 Å². The first-order valence-electron chi connectivity index (χ1n) is 3.70. The second kappa shape index (κ2) is 3.81. The Balaban J connectivity index is 2.68. The highest BCUT2D eigenvalue weighted by Crippen LogP contribution is 2.11. The summed E-state index contributed by atoms with van der Waals surface area (Å²) >= 11 is 0. The summed E-state index contributed by atoms with van der Waals surface area (Å²) in [5.74, 6) is 0. The van der Waals surface area contributed by atoms with Gasteiger partial charge in [0.1, 0.15) is 0 Å². The molecular weight excluding hydrogens is 134 g/mol. The number of benzene rings is 1. The zero-order chi connectivity index (χ0) is 8.10. The number of hydrogen-bond donors (Lipinski definition) is 0. The quantitative estimate of drug-likeness (QED) is 0.622. The third-order valence-corrected chi connectivity index (χ3v) is 1.61. The second-order valence-electron chi connectivity index (χ2n) is 2.42. The van der Waals surface area contributed by atoms with Gasteiger partial charge >= 0.3 is 0 Å². The molecule has 0 aliphatic carbocycles. The molecule has 0 aromatic heterocycles. The van der Waals surface area contributed by atoms with Crippen molar-refractivity contribution in [1.29, 1.82) is 0 Å². The summed E-state index contributed by atoms with van der Waals surface area (Å²) in [7, 11) is 0. The molecule has 1 rings (SSSR count). The van der Waals surface area contributed by atoms with Crippen molar-refractivity contribution in [2.75, 3.05) is 0 Å². The molecule has 0 aliphatic heterocycles. The average Bonchev–Trinajstić information content (AvgIpc) is 2.07. The summed E-state index contributed by atoms with van der Waals surface area (Å²) in [6.45, 7) is 5.61. The Morgan fingerprint density at radius 2 is 2.00 bits per heavy atom. The van der Waals surface area contributed by atoms with Gasteiger partial charge in [0.15, 0.2) is 0 Å². The lowest BCUT2D eigenvalue weighted by molar-refractivity contribution is 0.675. The number of hydrogen-bond acceptors (Lipinski definition) is 0. The summed E-state index contributed by atoms with van der Waals surface area (Å²) in [5, 5.41) is 4.16. The topological polar surface area (TPSA) is 14.1 Å². The van der Waals surface area contributed by atoms with Gasteiger partial charge in [0.25, 0.3) is 0 Å². The Bertz CT molecular complexity index is 216. The maximum atomic E-state index is 4.16. The zero-order valence-electron chi connectivity index (χ0n) is 6.70. The van der Waals surface area contributed by atoms with Gasteiger partial charge in [-0.05, 0) is 12.5 Å². The Hall–Kier alpha value is -1.24. The van der Waals surface area contributed by atoms with Crippen molar-refractivity contribution in [2.24, 2.45) is 0 Å². The Labute approximate surface area is 67.8 Å². The molecule has 0 heterocycles. The van der Waals surface area contributed by atoms with E-state index < -0.39 is 0 Å². The van der Waals surface area contributed by atoms with Gasteiger partial charge in [0, 0.05) is 6.20 Å². The van der Waals surface area contributed by atoms with Gasteiger partial charge in [0.05, 0.1) is 6.04 Å². The summed E-state index contributed by atoms with van der Waals surface area (Å²) < 4.78 is 0. The molecule has 1 atom stereocenters. The molecule has 0 spiro atoms. The minimum Gasteiger partial charge on any atom is -0.286 e. The van der Waals surface area contributed by atoms with E-state index in [9.17, 15) is 0 Å². The van der Waals surface area contributed by atoms with Gasteiger partial charge in [-0.25, -0.2) is 0 Å². The van der Waals surface area contributed by atoms with Crippen LogP contribution in [0.5, 0.6) is 0 Å². The summed E-state index contributed by atoms with van der Waals surface area (Å²) in [6.07, 6.45) is 1.59. The van der Waals surface area contributed by atoms with E-state index in [1.54, 1.807) is 6.20 Å². The smallest absolute Gasteiger partial charge is 0.0720 e. The van der Waals surface area contributed by atoms with Gasteiger partial charge < -0.3 is 0 Å². The molecule has 1 radical (unpaired) electrons. The lowest BCUT2D eigenvalue weighted by atomic mass is 10.1. The Kier molecular flexibility index (Phi) is 2.73. The molecule has 57 valence electrons. The fourth-order valence-electron chi connectivity index (χ4n) is 0.976. The molecule has 0 bridgehead atoms. The lowest BCUT2D eigenvalue weighted by Crippen LogP contribution is -2.02. The minimum atomic E-state index is 0.230. The molecule has 1 nitrogen and oxygen atoms in total. The second-order valence-corrected chi connectivity index (χ2v) is 2.42. The van der Waals surface area contributed by atoms with Gasteiger partial charge in [-0.2, -0.15) is 0 Å². The fraction of sp³-hybridized carbons (Fsp3) is 0.200. The molecular formula is C10H12N. The van der Waals surface area contributed by atoms with Crippen LogP contribution >= 0.6 is 0 Å². The molecule has 1 unspecified atom stereocenters. The lowest BCUT2D eigenvalue weighted by Gasteiger charge is -2.07. The first-order chi connectivity index (χ1) is 5.34. The molecule has 0 N–H and O–H groups in total. The maximum absolute atomic E-state index is 4.16. The highest BCUT2D eigenvalue weighted by Gasteiger charge is 2.00. The van der Waals surface area contributed by atoms with Gasteiger partial charge in [-0.15, -0.1) is 0 Å². The van der Waals surface area contributed by atoms with Gasteiger partial charge in [-0.1, -0.05) is 36.9 Å². The van der Waals surface area contributed by atoms with Crippen molar-refractivity contribution < 1.29 is 0 Å². The predicted octanol–water partition coefficient (Wildman–Crippen LogP) is 2.50. The molecule has 11 heavy (non-hydrogen) atoms. The standard InChI is InChI=1S/C10H12N/c1-3-11-9(2)10-7-5-4-6-8-10/h3-9H,1H2,2H3. The third-order valence-electron chi connectivity index (χ3n) is 1.61. The predicted molar refractivity (Wildman–Crippen MR) is 47.2 cm³/mol. The van der Waals surface area contributed by atoms with Gasteiger partial charge in [-0.3, -0.25) is 5.32 Å². The van der Waals surface area contributed by atoms with Crippen LogP contribution in [0.4, 0.5) is 0 Å². The summed E-state index contributed by atoms with van der Waals surface area (Å²) in [5.41, 5.74) is 1.23.